The predicted octanol–water partition coefficient (Wildman–Crippen LogP) is 1.43. The van der Waals surface area contributed by atoms with Crippen LogP contribution in [0.15, 0.2) is 18.3 Å². The van der Waals surface area contributed by atoms with Gasteiger partial charge in [0.25, 0.3) is 0 Å². The minimum absolute atomic E-state index is 0.350. The molecule has 0 bridgehead atoms. The molecule has 1 fully saturated rings. The fraction of sp³-hybridized carbons (Fsp3) is 0.571. The summed E-state index contributed by atoms with van der Waals surface area (Å²) in [6.45, 7) is 0.676. The van der Waals surface area contributed by atoms with Gasteiger partial charge in [-0.2, -0.15) is 0 Å². The Morgan fingerprint density at radius 3 is 3.05 bits per heavy atom. The summed E-state index contributed by atoms with van der Waals surface area (Å²) in [4.78, 5) is 18.2. The second kappa shape index (κ2) is 6.02. The van der Waals surface area contributed by atoms with Crippen LogP contribution in [-0.4, -0.2) is 37.7 Å². The molecular weight excluding hydrogens is 242 g/mol. The highest BCUT2D eigenvalue weighted by atomic mass is 16.5. The molecule has 19 heavy (non-hydrogen) atoms. The van der Waals surface area contributed by atoms with Crippen LogP contribution < -0.4 is 10.6 Å². The van der Waals surface area contributed by atoms with Gasteiger partial charge < -0.3 is 15.4 Å². The number of nitrogens with zero attached hydrogens (tertiary/aromatic N) is 2. The molecule has 1 aromatic heterocycles. The molecule has 0 amide bonds. The van der Waals surface area contributed by atoms with Gasteiger partial charge in [-0.1, -0.05) is 6.42 Å². The molecule has 1 heterocycles. The van der Waals surface area contributed by atoms with Crippen molar-refractivity contribution in [1.29, 1.82) is 0 Å². The van der Waals surface area contributed by atoms with Gasteiger partial charge in [0.1, 0.15) is 11.4 Å². The number of hydrogen-bond donors (Lipinski definition) is 1. The maximum Gasteiger partial charge on any atom is 0.341 e. The van der Waals surface area contributed by atoms with E-state index < -0.39 is 0 Å². The van der Waals surface area contributed by atoms with E-state index in [0.29, 0.717) is 29.9 Å². The van der Waals surface area contributed by atoms with Crippen LogP contribution in [0.3, 0.4) is 0 Å². The fourth-order valence-corrected chi connectivity index (χ4v) is 2.91. The molecule has 104 valence electrons. The summed E-state index contributed by atoms with van der Waals surface area (Å²) in [5.41, 5.74) is 6.33. The van der Waals surface area contributed by atoms with E-state index in [9.17, 15) is 4.79 Å². The first kappa shape index (κ1) is 13.8. The van der Waals surface area contributed by atoms with E-state index in [0.717, 1.165) is 12.8 Å². The zero-order chi connectivity index (χ0) is 13.8. The first-order chi connectivity index (χ1) is 9.19. The molecule has 1 aliphatic rings. The average Bonchev–Trinajstić information content (AvgIpc) is 2.94. The number of carbonyl (C=O) groups is 1. The van der Waals surface area contributed by atoms with Crippen molar-refractivity contribution < 1.29 is 9.53 Å². The molecule has 0 aromatic carbocycles. The van der Waals surface area contributed by atoms with Crippen LogP contribution in [0.5, 0.6) is 0 Å². The van der Waals surface area contributed by atoms with E-state index >= 15 is 0 Å². The Balaban J connectivity index is 2.28. The summed E-state index contributed by atoms with van der Waals surface area (Å²) < 4.78 is 4.81. The predicted molar refractivity (Wildman–Crippen MR) is 74.2 cm³/mol. The molecule has 5 nitrogen and oxygen atoms in total. The number of aromatic nitrogens is 1. The summed E-state index contributed by atoms with van der Waals surface area (Å²) in [5.74, 6) is 0.800. The van der Waals surface area contributed by atoms with Gasteiger partial charge in [-0.3, -0.25) is 0 Å². The maximum absolute atomic E-state index is 11.8. The van der Waals surface area contributed by atoms with Gasteiger partial charge in [0.2, 0.25) is 0 Å². The number of rotatable bonds is 4. The Hall–Kier alpha value is -1.62. The summed E-state index contributed by atoms with van der Waals surface area (Å²) in [6.07, 6.45) is 5.11. The van der Waals surface area contributed by atoms with Crippen molar-refractivity contribution in [2.75, 3.05) is 25.6 Å². The molecule has 0 spiro atoms. The topological polar surface area (TPSA) is 68.5 Å². The molecule has 1 aliphatic carbocycles. The average molecular weight is 263 g/mol. The van der Waals surface area contributed by atoms with E-state index in [-0.39, 0.29) is 5.97 Å². The number of ether oxygens (including phenoxy) is 1. The third-order valence-electron chi connectivity index (χ3n) is 3.95. The molecule has 2 N–H and O–H groups in total. The third-order valence-corrected chi connectivity index (χ3v) is 3.95. The number of carbonyl (C=O) groups excluding carboxylic acids is 1. The SMILES string of the molecule is COC(=O)c1cccnc1N(C)C1CCCC1CN. The Labute approximate surface area is 113 Å². The van der Waals surface area contributed by atoms with Crippen LogP contribution in [0, 0.1) is 5.92 Å². The van der Waals surface area contributed by atoms with E-state index in [1.807, 2.05) is 7.05 Å². The van der Waals surface area contributed by atoms with Gasteiger partial charge in [-0.05, 0) is 37.4 Å². The lowest BCUT2D eigenvalue weighted by atomic mass is 10.0. The minimum atomic E-state index is -0.350. The molecule has 2 rings (SSSR count). The molecule has 0 radical (unpaired) electrons. The second-order valence-electron chi connectivity index (χ2n) is 4.97. The number of esters is 1. The van der Waals surface area contributed by atoms with Crippen molar-refractivity contribution in [3.05, 3.63) is 23.9 Å². The number of pyridine rings is 1. The highest BCUT2D eigenvalue weighted by Gasteiger charge is 2.31. The van der Waals surface area contributed by atoms with Gasteiger partial charge in [0.05, 0.1) is 7.11 Å². The zero-order valence-electron chi connectivity index (χ0n) is 11.5. The van der Waals surface area contributed by atoms with Crippen LogP contribution in [0.4, 0.5) is 5.82 Å². The number of anilines is 1. The molecule has 2 unspecified atom stereocenters. The van der Waals surface area contributed by atoms with Crippen LogP contribution in [0.2, 0.25) is 0 Å². The zero-order valence-corrected chi connectivity index (χ0v) is 11.5. The Morgan fingerprint density at radius 2 is 2.37 bits per heavy atom. The monoisotopic (exact) mass is 263 g/mol. The molecule has 1 aromatic rings. The summed E-state index contributed by atoms with van der Waals surface area (Å²) in [7, 11) is 3.37. The van der Waals surface area contributed by atoms with Crippen LogP contribution in [0.1, 0.15) is 29.6 Å². The molecular formula is C14H21N3O2. The minimum Gasteiger partial charge on any atom is -0.465 e. The number of hydrogen-bond acceptors (Lipinski definition) is 5. The summed E-state index contributed by atoms with van der Waals surface area (Å²) in [5, 5.41) is 0. The Bertz CT molecular complexity index is 450. The van der Waals surface area contributed by atoms with Crippen molar-refractivity contribution in [2.24, 2.45) is 11.7 Å². The van der Waals surface area contributed by atoms with E-state index in [1.54, 1.807) is 18.3 Å². The van der Waals surface area contributed by atoms with Gasteiger partial charge in [0, 0.05) is 19.3 Å². The normalized spacial score (nSPS) is 22.3. The van der Waals surface area contributed by atoms with Crippen LogP contribution >= 0.6 is 0 Å². The van der Waals surface area contributed by atoms with Crippen LogP contribution in [0.25, 0.3) is 0 Å². The largest absolute Gasteiger partial charge is 0.465 e. The van der Waals surface area contributed by atoms with Gasteiger partial charge >= 0.3 is 5.97 Å². The lowest BCUT2D eigenvalue weighted by molar-refractivity contribution is 0.0601. The van der Waals surface area contributed by atoms with Crippen molar-refractivity contribution in [1.82, 2.24) is 4.98 Å². The number of nitrogens with two attached hydrogens (primary N) is 1. The smallest absolute Gasteiger partial charge is 0.341 e. The molecule has 0 saturated heterocycles. The van der Waals surface area contributed by atoms with E-state index in [2.05, 4.69) is 9.88 Å². The molecule has 1 saturated carbocycles. The highest BCUT2D eigenvalue weighted by Crippen LogP contribution is 2.32. The van der Waals surface area contributed by atoms with Crippen molar-refractivity contribution in [3.63, 3.8) is 0 Å². The maximum atomic E-state index is 11.8. The summed E-state index contributed by atoms with van der Waals surface area (Å²) in [6, 6.07) is 3.85. The van der Waals surface area contributed by atoms with Crippen molar-refractivity contribution in [3.8, 4) is 0 Å². The van der Waals surface area contributed by atoms with Crippen LogP contribution in [-0.2, 0) is 4.74 Å². The summed E-state index contributed by atoms with van der Waals surface area (Å²) >= 11 is 0. The lowest BCUT2D eigenvalue weighted by Gasteiger charge is -2.31. The Kier molecular flexibility index (Phi) is 4.37. The molecule has 0 aliphatic heterocycles. The third kappa shape index (κ3) is 2.71. The first-order valence-corrected chi connectivity index (χ1v) is 6.65. The van der Waals surface area contributed by atoms with Crippen molar-refractivity contribution >= 4 is 11.8 Å². The van der Waals surface area contributed by atoms with Gasteiger partial charge in [-0.25, -0.2) is 9.78 Å². The van der Waals surface area contributed by atoms with Gasteiger partial charge in [0.15, 0.2) is 0 Å². The lowest BCUT2D eigenvalue weighted by Crippen LogP contribution is -2.39. The van der Waals surface area contributed by atoms with E-state index in [4.69, 9.17) is 10.5 Å². The first-order valence-electron chi connectivity index (χ1n) is 6.65. The standard InChI is InChI=1S/C14H21N3O2/c1-17(12-7-3-5-10(12)9-15)13-11(14(18)19-2)6-4-8-16-13/h4,6,8,10,12H,3,5,7,9,15H2,1-2H3. The van der Waals surface area contributed by atoms with Gasteiger partial charge in [-0.15, -0.1) is 0 Å². The van der Waals surface area contributed by atoms with Crippen molar-refractivity contribution in [2.45, 2.75) is 25.3 Å². The Morgan fingerprint density at radius 1 is 1.58 bits per heavy atom. The van der Waals surface area contributed by atoms with E-state index in [1.165, 1.54) is 13.5 Å². The highest BCUT2D eigenvalue weighted by molar-refractivity contribution is 5.94. The number of methoxy groups -OCH3 is 1. The molecule has 5 heteroatoms. The fourth-order valence-electron chi connectivity index (χ4n) is 2.91. The molecule has 2 atom stereocenters. The quantitative estimate of drug-likeness (QED) is 0.832. The second-order valence-corrected chi connectivity index (χ2v) is 4.97.